The first-order chi connectivity index (χ1) is 26.5. The molecule has 0 aliphatic heterocycles. The van der Waals surface area contributed by atoms with Crippen molar-refractivity contribution in [3.05, 3.63) is 211 Å². The number of rotatable bonds is 6. The minimum atomic E-state index is -0.172. The molecule has 0 aromatic heterocycles. The lowest BCUT2D eigenvalue weighted by molar-refractivity contribution is 0.666. The van der Waals surface area contributed by atoms with Crippen molar-refractivity contribution < 1.29 is 0 Å². The SMILES string of the molecule is CC1(C)c2ccccc2-c2c(N(c3ccc(-c4ccc5ccccc5c4)cc3)c3cc(-c4ccccc4)cc(-c4ccccc4)c3)cc3ccccc3c21. The standard InChI is InChI=1S/C53H39N/c1-53(2)49-24-14-13-23-48(49)51-50(35-42-21-11-12-22-47(42)52(51)53)54(45-29-27-39(28-30-45)41-26-25-38-19-9-10-20-40(38)31-41)46-33-43(36-15-5-3-6-16-36)32-44(34-46)37-17-7-4-8-18-37/h3-35H,1-2H3. The number of hydrogen-bond acceptors (Lipinski definition) is 1. The first-order valence-corrected chi connectivity index (χ1v) is 18.8. The summed E-state index contributed by atoms with van der Waals surface area (Å²) in [6.07, 6.45) is 0. The van der Waals surface area contributed by atoms with Crippen molar-refractivity contribution in [1.29, 1.82) is 0 Å². The molecule has 0 atom stereocenters. The smallest absolute Gasteiger partial charge is 0.0549 e. The molecule has 1 aliphatic carbocycles. The zero-order valence-electron chi connectivity index (χ0n) is 30.5. The van der Waals surface area contributed by atoms with E-state index in [9.17, 15) is 0 Å². The summed E-state index contributed by atoms with van der Waals surface area (Å²) in [6.45, 7) is 4.78. The Labute approximate surface area is 317 Å². The van der Waals surface area contributed by atoms with Crippen LogP contribution >= 0.6 is 0 Å². The minimum absolute atomic E-state index is 0.172. The van der Waals surface area contributed by atoms with Crippen molar-refractivity contribution in [3.63, 3.8) is 0 Å². The lowest BCUT2D eigenvalue weighted by atomic mass is 9.80. The van der Waals surface area contributed by atoms with Gasteiger partial charge in [0, 0.05) is 22.4 Å². The Morgan fingerprint density at radius 3 is 1.63 bits per heavy atom. The molecule has 0 heterocycles. The van der Waals surface area contributed by atoms with Gasteiger partial charge in [-0.25, -0.2) is 0 Å². The summed E-state index contributed by atoms with van der Waals surface area (Å²) < 4.78 is 0. The van der Waals surface area contributed by atoms with E-state index >= 15 is 0 Å². The monoisotopic (exact) mass is 689 g/mol. The summed E-state index contributed by atoms with van der Waals surface area (Å²) in [5, 5.41) is 5.06. The maximum absolute atomic E-state index is 2.51. The lowest BCUT2D eigenvalue weighted by Crippen LogP contribution is -2.17. The van der Waals surface area contributed by atoms with Gasteiger partial charge in [-0.3, -0.25) is 0 Å². The molecule has 10 rings (SSSR count). The predicted octanol–water partition coefficient (Wildman–Crippen LogP) is 14.8. The van der Waals surface area contributed by atoms with Crippen LogP contribution in [-0.4, -0.2) is 0 Å². The van der Waals surface area contributed by atoms with Crippen molar-refractivity contribution in [2.75, 3.05) is 4.90 Å². The van der Waals surface area contributed by atoms with Gasteiger partial charge in [-0.2, -0.15) is 0 Å². The Morgan fingerprint density at radius 2 is 0.926 bits per heavy atom. The highest BCUT2D eigenvalue weighted by molar-refractivity contribution is 6.06. The summed E-state index contributed by atoms with van der Waals surface area (Å²) in [7, 11) is 0. The second kappa shape index (κ2) is 12.8. The Kier molecular flexibility index (Phi) is 7.56. The van der Waals surface area contributed by atoms with Crippen molar-refractivity contribution in [3.8, 4) is 44.5 Å². The fraction of sp³-hybridized carbons (Fsp3) is 0.0566. The molecule has 0 saturated heterocycles. The number of nitrogens with zero attached hydrogens (tertiary/aromatic N) is 1. The molecular weight excluding hydrogens is 651 g/mol. The Balaban J connectivity index is 1.25. The fourth-order valence-corrected chi connectivity index (χ4v) is 8.75. The van der Waals surface area contributed by atoms with Gasteiger partial charge in [-0.15, -0.1) is 0 Å². The molecule has 0 radical (unpaired) electrons. The summed E-state index contributed by atoms with van der Waals surface area (Å²) in [6, 6.07) is 73.5. The molecule has 0 amide bonds. The summed E-state index contributed by atoms with van der Waals surface area (Å²) in [5.41, 5.74) is 15.8. The number of anilines is 3. The van der Waals surface area contributed by atoms with E-state index in [4.69, 9.17) is 0 Å². The third-order valence-electron chi connectivity index (χ3n) is 11.4. The van der Waals surface area contributed by atoms with E-state index in [-0.39, 0.29) is 5.41 Å². The van der Waals surface area contributed by atoms with Gasteiger partial charge in [0.1, 0.15) is 0 Å². The van der Waals surface area contributed by atoms with Gasteiger partial charge in [-0.1, -0.05) is 172 Å². The van der Waals surface area contributed by atoms with E-state index in [2.05, 4.69) is 219 Å². The highest BCUT2D eigenvalue weighted by atomic mass is 15.1. The molecule has 0 saturated carbocycles. The van der Waals surface area contributed by atoms with Crippen LogP contribution in [0.25, 0.3) is 66.1 Å². The Hall–Kier alpha value is -6.70. The molecule has 1 nitrogen and oxygen atoms in total. The molecule has 0 fully saturated rings. The normalized spacial score (nSPS) is 12.8. The van der Waals surface area contributed by atoms with Crippen LogP contribution in [0, 0.1) is 0 Å². The summed E-state index contributed by atoms with van der Waals surface area (Å²) in [4.78, 5) is 2.51. The quantitative estimate of drug-likeness (QED) is 0.168. The van der Waals surface area contributed by atoms with Crippen LogP contribution in [0.2, 0.25) is 0 Å². The van der Waals surface area contributed by atoms with Crippen LogP contribution in [0.5, 0.6) is 0 Å². The third kappa shape index (κ3) is 5.32. The van der Waals surface area contributed by atoms with E-state index < -0.39 is 0 Å². The Bertz CT molecular complexity index is 2770. The zero-order valence-corrected chi connectivity index (χ0v) is 30.5. The predicted molar refractivity (Wildman–Crippen MR) is 230 cm³/mol. The number of fused-ring (bicyclic) bond motifs is 6. The van der Waals surface area contributed by atoms with Crippen LogP contribution < -0.4 is 4.90 Å². The summed E-state index contributed by atoms with van der Waals surface area (Å²) in [5.74, 6) is 0. The topological polar surface area (TPSA) is 3.24 Å². The van der Waals surface area contributed by atoms with Crippen LogP contribution in [0.3, 0.4) is 0 Å². The lowest BCUT2D eigenvalue weighted by Gasteiger charge is -2.31. The van der Waals surface area contributed by atoms with Gasteiger partial charge in [0.25, 0.3) is 0 Å². The van der Waals surface area contributed by atoms with Gasteiger partial charge in [0.2, 0.25) is 0 Å². The van der Waals surface area contributed by atoms with Crippen molar-refractivity contribution in [2.45, 2.75) is 19.3 Å². The number of hydrogen-bond donors (Lipinski definition) is 0. The maximum atomic E-state index is 2.51. The first kappa shape index (κ1) is 32.0. The molecule has 0 N–H and O–H groups in total. The van der Waals surface area contributed by atoms with E-state index in [0.29, 0.717) is 0 Å². The van der Waals surface area contributed by atoms with Gasteiger partial charge in [0.05, 0.1) is 5.69 Å². The van der Waals surface area contributed by atoms with Crippen LogP contribution in [0.1, 0.15) is 25.0 Å². The molecule has 1 heteroatoms. The molecule has 54 heavy (non-hydrogen) atoms. The van der Waals surface area contributed by atoms with Crippen LogP contribution in [-0.2, 0) is 5.41 Å². The average Bonchev–Trinajstić information content (AvgIpc) is 3.48. The number of benzene rings is 9. The zero-order chi connectivity index (χ0) is 36.2. The molecule has 0 bridgehead atoms. The summed E-state index contributed by atoms with van der Waals surface area (Å²) >= 11 is 0. The molecule has 0 unspecified atom stereocenters. The van der Waals surface area contributed by atoms with Gasteiger partial charge < -0.3 is 4.90 Å². The molecule has 0 spiro atoms. The van der Waals surface area contributed by atoms with Crippen LogP contribution in [0.4, 0.5) is 17.1 Å². The molecular formula is C53H39N. The van der Waals surface area contributed by atoms with Gasteiger partial charge in [-0.05, 0) is 114 Å². The van der Waals surface area contributed by atoms with Crippen LogP contribution in [0.15, 0.2) is 200 Å². The minimum Gasteiger partial charge on any atom is -0.310 e. The Morgan fingerprint density at radius 1 is 0.370 bits per heavy atom. The van der Waals surface area contributed by atoms with E-state index in [1.165, 1.54) is 82.9 Å². The first-order valence-electron chi connectivity index (χ1n) is 18.8. The second-order valence-electron chi connectivity index (χ2n) is 15.0. The van der Waals surface area contributed by atoms with Gasteiger partial charge >= 0.3 is 0 Å². The van der Waals surface area contributed by atoms with Crippen molar-refractivity contribution in [2.24, 2.45) is 0 Å². The highest BCUT2D eigenvalue weighted by Crippen LogP contribution is 2.57. The fourth-order valence-electron chi connectivity index (χ4n) is 8.75. The molecule has 9 aromatic rings. The average molecular weight is 690 g/mol. The third-order valence-corrected chi connectivity index (χ3v) is 11.4. The van der Waals surface area contributed by atoms with E-state index in [1.54, 1.807) is 0 Å². The van der Waals surface area contributed by atoms with E-state index in [0.717, 1.165) is 11.4 Å². The van der Waals surface area contributed by atoms with Gasteiger partial charge in [0.15, 0.2) is 0 Å². The molecule has 9 aromatic carbocycles. The van der Waals surface area contributed by atoms with Crippen molar-refractivity contribution >= 4 is 38.6 Å². The largest absolute Gasteiger partial charge is 0.310 e. The molecule has 1 aliphatic rings. The highest BCUT2D eigenvalue weighted by Gasteiger charge is 2.39. The van der Waals surface area contributed by atoms with Crippen molar-refractivity contribution in [1.82, 2.24) is 0 Å². The van der Waals surface area contributed by atoms with E-state index in [1.807, 2.05) is 0 Å². The maximum Gasteiger partial charge on any atom is 0.0549 e. The second-order valence-corrected chi connectivity index (χ2v) is 15.0. The molecule has 256 valence electrons.